The summed E-state index contributed by atoms with van der Waals surface area (Å²) in [6, 6.07) is 22.9. The Bertz CT molecular complexity index is 1180. The Labute approximate surface area is 182 Å². The highest BCUT2D eigenvalue weighted by Crippen LogP contribution is 2.37. The van der Waals surface area contributed by atoms with Gasteiger partial charge >= 0.3 is 0 Å². The highest BCUT2D eigenvalue weighted by atomic mass is 32.2. The SMILES string of the molecule is Cc1ccc(S(=O)(=O)N2C[C@H](C(=O)N[C@H](C)c3ccccc3)Oc3ccccc32)cc1. The average Bonchev–Trinajstić information content (AvgIpc) is 2.79. The van der Waals surface area contributed by atoms with Crippen molar-refractivity contribution in [1.29, 1.82) is 0 Å². The fourth-order valence-corrected chi connectivity index (χ4v) is 5.01. The fraction of sp³-hybridized carbons (Fsp3) is 0.208. The Hall–Kier alpha value is -3.32. The first-order valence-corrected chi connectivity index (χ1v) is 11.5. The van der Waals surface area contributed by atoms with Crippen LogP contribution in [0.2, 0.25) is 0 Å². The lowest BCUT2D eigenvalue weighted by molar-refractivity contribution is -0.128. The standard InChI is InChI=1S/C24H24N2O4S/c1-17-12-14-20(15-13-17)31(28,29)26-16-23(30-22-11-7-6-10-21(22)26)24(27)25-18(2)19-8-4-3-5-9-19/h3-15,18,23H,16H2,1-2H3,(H,25,27)/t18-,23-/m1/s1. The van der Waals surface area contributed by atoms with Crippen molar-refractivity contribution in [2.45, 2.75) is 30.9 Å². The van der Waals surface area contributed by atoms with Crippen LogP contribution in [0.15, 0.2) is 83.8 Å². The molecule has 6 nitrogen and oxygen atoms in total. The first kappa shape index (κ1) is 20.9. The number of ether oxygens (including phenoxy) is 1. The molecule has 0 spiro atoms. The van der Waals surface area contributed by atoms with Gasteiger partial charge in [0.2, 0.25) is 0 Å². The summed E-state index contributed by atoms with van der Waals surface area (Å²) in [5, 5.41) is 2.93. The van der Waals surface area contributed by atoms with Crippen LogP contribution in [0.5, 0.6) is 5.75 Å². The van der Waals surface area contributed by atoms with Crippen LogP contribution in [-0.4, -0.2) is 27.0 Å². The Kier molecular flexibility index (Phi) is 5.69. The van der Waals surface area contributed by atoms with Gasteiger partial charge in [0.15, 0.2) is 6.10 Å². The molecule has 7 heteroatoms. The summed E-state index contributed by atoms with van der Waals surface area (Å²) in [4.78, 5) is 13.2. The van der Waals surface area contributed by atoms with Crippen LogP contribution in [0.3, 0.4) is 0 Å². The van der Waals surface area contributed by atoms with Crippen LogP contribution >= 0.6 is 0 Å². The molecule has 1 amide bonds. The van der Waals surface area contributed by atoms with Crippen molar-refractivity contribution in [1.82, 2.24) is 5.32 Å². The topological polar surface area (TPSA) is 75.7 Å². The Morgan fingerprint density at radius 2 is 1.65 bits per heavy atom. The van der Waals surface area contributed by atoms with Crippen LogP contribution in [0.4, 0.5) is 5.69 Å². The van der Waals surface area contributed by atoms with E-state index in [1.807, 2.05) is 44.2 Å². The number of hydrogen-bond donors (Lipinski definition) is 1. The van der Waals surface area contributed by atoms with Crippen LogP contribution in [0.25, 0.3) is 0 Å². The minimum absolute atomic E-state index is 0.111. The zero-order valence-electron chi connectivity index (χ0n) is 17.4. The van der Waals surface area contributed by atoms with E-state index in [4.69, 9.17) is 4.74 Å². The van der Waals surface area contributed by atoms with E-state index in [1.54, 1.807) is 48.5 Å². The molecular weight excluding hydrogens is 412 g/mol. The third-order valence-electron chi connectivity index (χ3n) is 5.29. The maximum absolute atomic E-state index is 13.4. The van der Waals surface area contributed by atoms with Crippen molar-refractivity contribution in [3.63, 3.8) is 0 Å². The van der Waals surface area contributed by atoms with Crippen molar-refractivity contribution in [2.75, 3.05) is 10.8 Å². The number of carbonyl (C=O) groups excluding carboxylic acids is 1. The smallest absolute Gasteiger partial charge is 0.264 e. The van der Waals surface area contributed by atoms with Gasteiger partial charge in [0, 0.05) is 0 Å². The molecule has 0 fully saturated rings. The van der Waals surface area contributed by atoms with Gasteiger partial charge in [0.1, 0.15) is 5.75 Å². The van der Waals surface area contributed by atoms with E-state index in [0.29, 0.717) is 11.4 Å². The minimum atomic E-state index is -3.87. The number of para-hydroxylation sites is 2. The average molecular weight is 437 g/mol. The van der Waals surface area contributed by atoms with E-state index in [9.17, 15) is 13.2 Å². The number of carbonyl (C=O) groups is 1. The molecule has 0 aliphatic carbocycles. The second-order valence-electron chi connectivity index (χ2n) is 7.56. The van der Waals surface area contributed by atoms with Crippen molar-refractivity contribution >= 4 is 21.6 Å². The Morgan fingerprint density at radius 1 is 1.00 bits per heavy atom. The van der Waals surface area contributed by atoms with E-state index in [2.05, 4.69) is 5.32 Å². The number of fused-ring (bicyclic) bond motifs is 1. The summed E-state index contributed by atoms with van der Waals surface area (Å²) in [7, 11) is -3.87. The van der Waals surface area contributed by atoms with E-state index in [1.165, 1.54) is 4.31 Å². The quantitative estimate of drug-likeness (QED) is 0.660. The molecule has 3 aromatic carbocycles. The molecule has 0 radical (unpaired) electrons. The number of sulfonamides is 1. The summed E-state index contributed by atoms with van der Waals surface area (Å²) in [6.45, 7) is 3.67. The Balaban J connectivity index is 1.63. The van der Waals surface area contributed by atoms with Crippen LogP contribution < -0.4 is 14.4 Å². The first-order chi connectivity index (χ1) is 14.9. The van der Waals surface area contributed by atoms with Gasteiger partial charge in [-0.3, -0.25) is 9.10 Å². The molecule has 0 unspecified atom stereocenters. The normalized spacial score (nSPS) is 16.7. The van der Waals surface area contributed by atoms with Crippen LogP contribution in [0, 0.1) is 6.92 Å². The van der Waals surface area contributed by atoms with E-state index >= 15 is 0 Å². The van der Waals surface area contributed by atoms with Crippen LogP contribution in [0.1, 0.15) is 24.1 Å². The fourth-order valence-electron chi connectivity index (χ4n) is 3.54. The molecule has 1 aliphatic heterocycles. The minimum Gasteiger partial charge on any atom is -0.476 e. The lowest BCUT2D eigenvalue weighted by atomic mass is 10.1. The van der Waals surface area contributed by atoms with E-state index < -0.39 is 16.1 Å². The highest BCUT2D eigenvalue weighted by Gasteiger charge is 2.37. The zero-order valence-corrected chi connectivity index (χ0v) is 18.2. The molecule has 0 saturated heterocycles. The molecule has 2 atom stereocenters. The molecule has 0 bridgehead atoms. The second-order valence-corrected chi connectivity index (χ2v) is 9.43. The molecule has 1 N–H and O–H groups in total. The number of rotatable bonds is 5. The largest absolute Gasteiger partial charge is 0.476 e. The van der Waals surface area contributed by atoms with E-state index in [0.717, 1.165) is 11.1 Å². The first-order valence-electron chi connectivity index (χ1n) is 10.1. The predicted molar refractivity (Wildman–Crippen MR) is 120 cm³/mol. The summed E-state index contributed by atoms with van der Waals surface area (Å²) >= 11 is 0. The van der Waals surface area contributed by atoms with Crippen molar-refractivity contribution < 1.29 is 17.9 Å². The zero-order chi connectivity index (χ0) is 22.0. The Morgan fingerprint density at radius 3 is 2.35 bits per heavy atom. The molecular formula is C24H24N2O4S. The van der Waals surface area contributed by atoms with Crippen molar-refractivity contribution in [3.05, 3.63) is 90.0 Å². The van der Waals surface area contributed by atoms with Gasteiger partial charge < -0.3 is 10.1 Å². The number of anilines is 1. The number of nitrogens with one attached hydrogen (secondary N) is 1. The van der Waals surface area contributed by atoms with E-state index in [-0.39, 0.29) is 23.4 Å². The van der Waals surface area contributed by atoms with Gasteiger partial charge in [-0.1, -0.05) is 60.2 Å². The van der Waals surface area contributed by atoms with Gasteiger partial charge in [-0.25, -0.2) is 8.42 Å². The third-order valence-corrected chi connectivity index (χ3v) is 7.09. The monoisotopic (exact) mass is 436 g/mol. The van der Waals surface area contributed by atoms with Gasteiger partial charge in [0.05, 0.1) is 23.2 Å². The molecule has 31 heavy (non-hydrogen) atoms. The molecule has 3 aromatic rings. The number of aryl methyl sites for hydroxylation is 1. The molecule has 4 rings (SSSR count). The van der Waals surface area contributed by atoms with Crippen molar-refractivity contribution in [3.8, 4) is 5.75 Å². The lowest BCUT2D eigenvalue weighted by Gasteiger charge is -2.35. The van der Waals surface area contributed by atoms with Gasteiger partial charge in [-0.2, -0.15) is 0 Å². The maximum atomic E-state index is 13.4. The predicted octanol–water partition coefficient (Wildman–Crippen LogP) is 3.83. The lowest BCUT2D eigenvalue weighted by Crippen LogP contribution is -2.51. The molecule has 0 aromatic heterocycles. The molecule has 1 heterocycles. The van der Waals surface area contributed by atoms with Gasteiger partial charge in [0.25, 0.3) is 15.9 Å². The molecule has 160 valence electrons. The highest BCUT2D eigenvalue weighted by molar-refractivity contribution is 7.92. The second kappa shape index (κ2) is 8.43. The van der Waals surface area contributed by atoms with Crippen molar-refractivity contribution in [2.24, 2.45) is 0 Å². The summed E-state index contributed by atoms with van der Waals surface area (Å²) < 4.78 is 34.0. The number of benzene rings is 3. The number of amides is 1. The summed E-state index contributed by atoms with van der Waals surface area (Å²) in [5.41, 5.74) is 2.34. The number of nitrogens with zero attached hydrogens (tertiary/aromatic N) is 1. The maximum Gasteiger partial charge on any atom is 0.264 e. The van der Waals surface area contributed by atoms with Crippen LogP contribution in [-0.2, 0) is 14.8 Å². The summed E-state index contributed by atoms with van der Waals surface area (Å²) in [6.07, 6.45) is -0.971. The number of hydrogen-bond acceptors (Lipinski definition) is 4. The van der Waals surface area contributed by atoms with Gasteiger partial charge in [-0.05, 0) is 43.7 Å². The molecule has 1 aliphatic rings. The van der Waals surface area contributed by atoms with Gasteiger partial charge in [-0.15, -0.1) is 0 Å². The summed E-state index contributed by atoms with van der Waals surface area (Å²) in [5.74, 6) is -0.00749. The molecule has 0 saturated carbocycles. The third kappa shape index (κ3) is 4.27.